The SMILES string of the molecule is NC(=S)CCN(CCN1CCNC1=O)c1ccccc1. The van der Waals surface area contributed by atoms with Gasteiger partial charge in [0.2, 0.25) is 0 Å². The smallest absolute Gasteiger partial charge is 0.317 e. The molecule has 3 N–H and O–H groups in total. The van der Waals surface area contributed by atoms with Crippen LogP contribution < -0.4 is 16.0 Å². The summed E-state index contributed by atoms with van der Waals surface area (Å²) in [7, 11) is 0. The number of anilines is 1. The molecule has 108 valence electrons. The van der Waals surface area contributed by atoms with Crippen LogP contribution >= 0.6 is 12.2 Å². The lowest BCUT2D eigenvalue weighted by Gasteiger charge is -2.27. The minimum atomic E-state index is 0.0207. The summed E-state index contributed by atoms with van der Waals surface area (Å²) < 4.78 is 0. The van der Waals surface area contributed by atoms with Crippen molar-refractivity contribution in [3.63, 3.8) is 0 Å². The van der Waals surface area contributed by atoms with Crippen LogP contribution in [-0.4, -0.2) is 48.6 Å². The fourth-order valence-corrected chi connectivity index (χ4v) is 2.31. The van der Waals surface area contributed by atoms with Crippen LogP contribution in [0.25, 0.3) is 0 Å². The molecule has 20 heavy (non-hydrogen) atoms. The van der Waals surface area contributed by atoms with Crippen LogP contribution in [0.1, 0.15) is 6.42 Å². The monoisotopic (exact) mass is 292 g/mol. The van der Waals surface area contributed by atoms with Crippen LogP contribution in [0, 0.1) is 0 Å². The van der Waals surface area contributed by atoms with Crippen LogP contribution in [0.2, 0.25) is 0 Å². The normalized spacial score (nSPS) is 14.2. The van der Waals surface area contributed by atoms with E-state index in [1.807, 2.05) is 23.1 Å². The number of rotatable bonds is 7. The zero-order chi connectivity index (χ0) is 14.4. The number of thiocarbonyl (C=S) groups is 1. The summed E-state index contributed by atoms with van der Waals surface area (Å²) in [5.41, 5.74) is 6.72. The molecule has 2 amide bonds. The Hall–Kier alpha value is -1.82. The van der Waals surface area contributed by atoms with Crippen molar-refractivity contribution < 1.29 is 4.79 Å². The van der Waals surface area contributed by atoms with Gasteiger partial charge in [-0.15, -0.1) is 0 Å². The predicted octanol–water partition coefficient (Wildman–Crippen LogP) is 1.19. The van der Waals surface area contributed by atoms with Crippen molar-refractivity contribution in [2.45, 2.75) is 6.42 Å². The van der Waals surface area contributed by atoms with Crippen molar-refractivity contribution in [1.29, 1.82) is 0 Å². The van der Waals surface area contributed by atoms with E-state index in [4.69, 9.17) is 18.0 Å². The third-order valence-electron chi connectivity index (χ3n) is 3.33. The maximum absolute atomic E-state index is 11.5. The molecule has 0 atom stereocenters. The molecule has 0 bridgehead atoms. The second-order valence-corrected chi connectivity index (χ2v) is 5.28. The average molecular weight is 292 g/mol. The number of para-hydroxylation sites is 1. The molecule has 0 radical (unpaired) electrons. The highest BCUT2D eigenvalue weighted by atomic mass is 32.1. The number of nitrogens with one attached hydrogen (secondary N) is 1. The molecule has 0 aromatic heterocycles. The second kappa shape index (κ2) is 7.09. The molecule has 1 aliphatic rings. The van der Waals surface area contributed by atoms with Gasteiger partial charge >= 0.3 is 6.03 Å². The first-order valence-corrected chi connectivity index (χ1v) is 7.19. The van der Waals surface area contributed by atoms with Gasteiger partial charge in [-0.25, -0.2) is 4.79 Å². The largest absolute Gasteiger partial charge is 0.393 e. The van der Waals surface area contributed by atoms with Gasteiger partial charge in [0.1, 0.15) is 0 Å². The fourth-order valence-electron chi connectivity index (χ4n) is 2.22. The lowest BCUT2D eigenvalue weighted by molar-refractivity contribution is 0.218. The van der Waals surface area contributed by atoms with E-state index in [9.17, 15) is 4.79 Å². The minimum Gasteiger partial charge on any atom is -0.393 e. The van der Waals surface area contributed by atoms with Crippen molar-refractivity contribution in [1.82, 2.24) is 10.2 Å². The molecule has 1 saturated heterocycles. The van der Waals surface area contributed by atoms with Crippen molar-refractivity contribution in [3.8, 4) is 0 Å². The Bertz CT molecular complexity index is 466. The second-order valence-electron chi connectivity index (χ2n) is 4.76. The van der Waals surface area contributed by atoms with Gasteiger partial charge in [-0.05, 0) is 12.1 Å². The molecule has 1 aromatic rings. The van der Waals surface area contributed by atoms with Gasteiger partial charge in [-0.1, -0.05) is 30.4 Å². The molecular weight excluding hydrogens is 272 g/mol. The molecule has 0 saturated carbocycles. The quantitative estimate of drug-likeness (QED) is 0.741. The average Bonchev–Trinajstić information content (AvgIpc) is 2.85. The van der Waals surface area contributed by atoms with E-state index < -0.39 is 0 Å². The number of hydrogen-bond acceptors (Lipinski definition) is 3. The molecule has 0 unspecified atom stereocenters. The minimum absolute atomic E-state index is 0.0207. The number of benzene rings is 1. The zero-order valence-electron chi connectivity index (χ0n) is 11.4. The number of nitrogens with two attached hydrogens (primary N) is 1. The summed E-state index contributed by atoms with van der Waals surface area (Å²) in [6, 6.07) is 10.1. The van der Waals surface area contributed by atoms with E-state index in [0.717, 1.165) is 31.9 Å². The van der Waals surface area contributed by atoms with Gasteiger partial charge in [0, 0.05) is 44.8 Å². The molecule has 2 rings (SSSR count). The molecular formula is C14H20N4OS. The van der Waals surface area contributed by atoms with Gasteiger partial charge in [0.15, 0.2) is 0 Å². The summed E-state index contributed by atoms with van der Waals surface area (Å²) in [6.07, 6.45) is 0.677. The molecule has 1 aliphatic heterocycles. The van der Waals surface area contributed by atoms with Crippen molar-refractivity contribution in [2.75, 3.05) is 37.6 Å². The van der Waals surface area contributed by atoms with E-state index in [-0.39, 0.29) is 6.03 Å². The van der Waals surface area contributed by atoms with Gasteiger partial charge in [0.25, 0.3) is 0 Å². The maximum atomic E-state index is 11.5. The van der Waals surface area contributed by atoms with Gasteiger partial charge < -0.3 is 20.9 Å². The van der Waals surface area contributed by atoms with E-state index >= 15 is 0 Å². The van der Waals surface area contributed by atoms with Crippen molar-refractivity contribution >= 4 is 28.9 Å². The molecule has 0 aliphatic carbocycles. The number of nitrogens with zero attached hydrogens (tertiary/aromatic N) is 2. The Kier molecular flexibility index (Phi) is 5.17. The van der Waals surface area contributed by atoms with Gasteiger partial charge in [0.05, 0.1) is 4.99 Å². The van der Waals surface area contributed by atoms with E-state index in [1.54, 1.807) is 0 Å². The van der Waals surface area contributed by atoms with Crippen LogP contribution in [0.5, 0.6) is 0 Å². The first-order valence-electron chi connectivity index (χ1n) is 6.78. The van der Waals surface area contributed by atoms with Crippen molar-refractivity contribution in [3.05, 3.63) is 30.3 Å². The Morgan fingerprint density at radius 1 is 1.35 bits per heavy atom. The van der Waals surface area contributed by atoms with Crippen LogP contribution in [0.3, 0.4) is 0 Å². The highest BCUT2D eigenvalue weighted by Gasteiger charge is 2.19. The predicted molar refractivity (Wildman–Crippen MR) is 85.0 cm³/mol. The van der Waals surface area contributed by atoms with E-state index in [2.05, 4.69) is 22.3 Å². The topological polar surface area (TPSA) is 61.6 Å². The lowest BCUT2D eigenvalue weighted by Crippen LogP contribution is -2.38. The summed E-state index contributed by atoms with van der Waals surface area (Å²) in [5, 5.41) is 2.81. The Balaban J connectivity index is 1.95. The summed E-state index contributed by atoms with van der Waals surface area (Å²) in [5.74, 6) is 0. The molecule has 0 spiro atoms. The molecule has 6 heteroatoms. The van der Waals surface area contributed by atoms with Gasteiger partial charge in [-0.3, -0.25) is 0 Å². The van der Waals surface area contributed by atoms with E-state index in [0.29, 0.717) is 18.0 Å². The standard InChI is InChI=1S/C14H20N4OS/c15-13(20)6-8-17(12-4-2-1-3-5-12)10-11-18-9-7-16-14(18)19/h1-5H,6-11H2,(H2,15,20)(H,16,19). The number of hydrogen-bond donors (Lipinski definition) is 2. The van der Waals surface area contributed by atoms with E-state index in [1.165, 1.54) is 0 Å². The first-order chi connectivity index (χ1) is 9.66. The Morgan fingerprint density at radius 3 is 2.70 bits per heavy atom. The first kappa shape index (κ1) is 14.6. The number of carbonyl (C=O) groups is 1. The highest BCUT2D eigenvalue weighted by molar-refractivity contribution is 7.80. The number of urea groups is 1. The summed E-state index contributed by atoms with van der Waals surface area (Å²) in [4.78, 5) is 16.1. The molecule has 1 heterocycles. The van der Waals surface area contributed by atoms with Crippen molar-refractivity contribution in [2.24, 2.45) is 5.73 Å². The summed E-state index contributed by atoms with van der Waals surface area (Å²) in [6.45, 7) is 3.76. The fraction of sp³-hybridized carbons (Fsp3) is 0.429. The third kappa shape index (κ3) is 4.09. The molecule has 1 fully saturated rings. The third-order valence-corrected chi connectivity index (χ3v) is 3.54. The Labute approximate surface area is 124 Å². The van der Waals surface area contributed by atoms with Crippen LogP contribution in [0.4, 0.5) is 10.5 Å². The van der Waals surface area contributed by atoms with Crippen LogP contribution in [0.15, 0.2) is 30.3 Å². The lowest BCUT2D eigenvalue weighted by atomic mass is 10.2. The van der Waals surface area contributed by atoms with Crippen LogP contribution in [-0.2, 0) is 0 Å². The molecule has 1 aromatic carbocycles. The summed E-state index contributed by atoms with van der Waals surface area (Å²) >= 11 is 4.95. The number of carbonyl (C=O) groups excluding carboxylic acids is 1. The highest BCUT2D eigenvalue weighted by Crippen LogP contribution is 2.13. The van der Waals surface area contributed by atoms with Gasteiger partial charge in [-0.2, -0.15) is 0 Å². The molecule has 5 nitrogen and oxygen atoms in total. The zero-order valence-corrected chi connectivity index (χ0v) is 12.2. The maximum Gasteiger partial charge on any atom is 0.317 e. The Morgan fingerprint density at radius 2 is 2.10 bits per heavy atom. The number of amides is 2.